The SMILES string of the molecule is CCOc1cccc(/C(O)=C2\C(=O)C(=O)N(Cc3ccncc3)C2c2ccc(C(=O)OC)cc2)c1. The van der Waals surface area contributed by atoms with E-state index in [9.17, 15) is 19.5 Å². The molecule has 1 aromatic heterocycles. The lowest BCUT2D eigenvalue weighted by atomic mass is 9.94. The van der Waals surface area contributed by atoms with E-state index >= 15 is 0 Å². The smallest absolute Gasteiger partial charge is 0.337 e. The van der Waals surface area contributed by atoms with Crippen molar-refractivity contribution in [1.82, 2.24) is 9.88 Å². The first-order chi connectivity index (χ1) is 16.9. The van der Waals surface area contributed by atoms with Gasteiger partial charge in [0.15, 0.2) is 0 Å². The number of amides is 1. The summed E-state index contributed by atoms with van der Waals surface area (Å²) in [6.45, 7) is 2.41. The van der Waals surface area contributed by atoms with Crippen LogP contribution in [0.3, 0.4) is 0 Å². The molecule has 35 heavy (non-hydrogen) atoms. The van der Waals surface area contributed by atoms with Crippen LogP contribution < -0.4 is 4.74 Å². The summed E-state index contributed by atoms with van der Waals surface area (Å²) >= 11 is 0. The molecule has 0 aliphatic carbocycles. The summed E-state index contributed by atoms with van der Waals surface area (Å²) in [5, 5.41) is 11.2. The fourth-order valence-corrected chi connectivity index (χ4v) is 4.05. The first-order valence-electron chi connectivity index (χ1n) is 11.0. The Kier molecular flexibility index (Phi) is 6.91. The molecule has 1 saturated heterocycles. The predicted molar refractivity (Wildman–Crippen MR) is 127 cm³/mol. The van der Waals surface area contributed by atoms with Gasteiger partial charge in [0.25, 0.3) is 11.7 Å². The Morgan fingerprint density at radius 2 is 1.74 bits per heavy atom. The second-order valence-electron chi connectivity index (χ2n) is 7.86. The van der Waals surface area contributed by atoms with Crippen LogP contribution in [0.2, 0.25) is 0 Å². The maximum absolute atomic E-state index is 13.2. The number of Topliss-reactive ketones (excluding diaryl/α,β-unsaturated/α-hetero) is 1. The lowest BCUT2D eigenvalue weighted by Gasteiger charge is -2.25. The highest BCUT2D eigenvalue weighted by molar-refractivity contribution is 6.46. The van der Waals surface area contributed by atoms with Gasteiger partial charge in [-0.1, -0.05) is 24.3 Å². The topological polar surface area (TPSA) is 106 Å². The van der Waals surface area contributed by atoms with Crippen LogP contribution in [0, 0.1) is 0 Å². The molecule has 8 nitrogen and oxygen atoms in total. The van der Waals surface area contributed by atoms with Crippen LogP contribution in [0.5, 0.6) is 5.75 Å². The summed E-state index contributed by atoms with van der Waals surface area (Å²) in [7, 11) is 1.29. The third kappa shape index (κ3) is 4.77. The second-order valence-corrected chi connectivity index (χ2v) is 7.86. The van der Waals surface area contributed by atoms with Gasteiger partial charge in [0.2, 0.25) is 0 Å². The number of carbonyl (C=O) groups excluding carboxylic acids is 3. The summed E-state index contributed by atoms with van der Waals surface area (Å²) in [6, 6.07) is 15.7. The Labute approximate surface area is 202 Å². The summed E-state index contributed by atoms with van der Waals surface area (Å²) in [5.74, 6) is -1.80. The molecule has 1 atom stereocenters. The van der Waals surface area contributed by atoms with Crippen LogP contribution in [0.1, 0.15) is 40.0 Å². The number of nitrogens with zero attached hydrogens (tertiary/aromatic N) is 2. The quantitative estimate of drug-likeness (QED) is 0.241. The van der Waals surface area contributed by atoms with Gasteiger partial charge in [-0.3, -0.25) is 14.6 Å². The highest BCUT2D eigenvalue weighted by Crippen LogP contribution is 2.40. The predicted octanol–water partition coefficient (Wildman–Crippen LogP) is 3.89. The van der Waals surface area contributed by atoms with E-state index in [4.69, 9.17) is 9.47 Å². The Morgan fingerprint density at radius 3 is 2.40 bits per heavy atom. The number of aromatic nitrogens is 1. The molecule has 2 heterocycles. The van der Waals surface area contributed by atoms with Crippen LogP contribution in [0.25, 0.3) is 5.76 Å². The van der Waals surface area contributed by atoms with Gasteiger partial charge in [-0.05, 0) is 54.4 Å². The number of aliphatic hydroxyl groups excluding tert-OH is 1. The van der Waals surface area contributed by atoms with E-state index in [0.29, 0.717) is 29.0 Å². The molecule has 0 bridgehead atoms. The number of likely N-dealkylation sites (tertiary alicyclic amines) is 1. The van der Waals surface area contributed by atoms with Gasteiger partial charge in [-0.2, -0.15) is 0 Å². The zero-order valence-corrected chi connectivity index (χ0v) is 19.3. The van der Waals surface area contributed by atoms with E-state index in [1.54, 1.807) is 73.1 Å². The molecule has 1 unspecified atom stereocenters. The van der Waals surface area contributed by atoms with Crippen LogP contribution in [0.15, 0.2) is 78.6 Å². The van der Waals surface area contributed by atoms with Crippen molar-refractivity contribution in [3.8, 4) is 5.75 Å². The van der Waals surface area contributed by atoms with E-state index in [1.165, 1.54) is 12.0 Å². The van der Waals surface area contributed by atoms with Gasteiger partial charge < -0.3 is 19.5 Å². The highest BCUT2D eigenvalue weighted by Gasteiger charge is 2.46. The number of rotatable bonds is 7. The molecule has 8 heteroatoms. The zero-order chi connectivity index (χ0) is 24.9. The lowest BCUT2D eigenvalue weighted by molar-refractivity contribution is -0.140. The molecular weight excluding hydrogens is 448 g/mol. The fourth-order valence-electron chi connectivity index (χ4n) is 4.05. The average molecular weight is 472 g/mol. The van der Waals surface area contributed by atoms with Crippen LogP contribution >= 0.6 is 0 Å². The number of benzene rings is 2. The molecular formula is C27H24N2O6. The maximum atomic E-state index is 13.2. The maximum Gasteiger partial charge on any atom is 0.337 e. The van der Waals surface area contributed by atoms with Gasteiger partial charge in [0.1, 0.15) is 11.5 Å². The average Bonchev–Trinajstić information content (AvgIpc) is 3.13. The normalized spacial score (nSPS) is 16.9. The Bertz CT molecular complexity index is 1280. The van der Waals surface area contributed by atoms with E-state index < -0.39 is 23.7 Å². The molecule has 2 aromatic carbocycles. The van der Waals surface area contributed by atoms with Gasteiger partial charge in [0, 0.05) is 24.5 Å². The van der Waals surface area contributed by atoms with Crippen LogP contribution in [-0.2, 0) is 20.9 Å². The monoisotopic (exact) mass is 472 g/mol. The molecule has 1 aliphatic rings. The molecule has 4 rings (SSSR count). The van der Waals surface area contributed by atoms with E-state index in [0.717, 1.165) is 5.56 Å². The van der Waals surface area contributed by atoms with Gasteiger partial charge in [-0.25, -0.2) is 4.79 Å². The zero-order valence-electron chi connectivity index (χ0n) is 19.3. The Balaban J connectivity index is 1.84. The number of carbonyl (C=O) groups is 3. The minimum absolute atomic E-state index is 0.0384. The van der Waals surface area contributed by atoms with Crippen molar-refractivity contribution in [1.29, 1.82) is 0 Å². The first kappa shape index (κ1) is 23.7. The Morgan fingerprint density at radius 1 is 1.03 bits per heavy atom. The number of ketones is 1. The van der Waals surface area contributed by atoms with Crippen molar-refractivity contribution in [2.24, 2.45) is 0 Å². The number of ether oxygens (including phenoxy) is 2. The molecule has 1 N–H and O–H groups in total. The van der Waals surface area contributed by atoms with Crippen LogP contribution in [0.4, 0.5) is 0 Å². The molecule has 0 saturated carbocycles. The number of aliphatic hydroxyl groups is 1. The summed E-state index contributed by atoms with van der Waals surface area (Å²) in [6.07, 6.45) is 3.20. The second kappa shape index (κ2) is 10.2. The third-order valence-electron chi connectivity index (χ3n) is 5.71. The lowest BCUT2D eigenvalue weighted by Crippen LogP contribution is -2.29. The first-order valence-corrected chi connectivity index (χ1v) is 11.0. The van der Waals surface area contributed by atoms with Gasteiger partial charge in [0.05, 0.1) is 30.9 Å². The summed E-state index contributed by atoms with van der Waals surface area (Å²) in [4.78, 5) is 43.6. The molecule has 0 spiro atoms. The standard InChI is InChI=1S/C27H24N2O6/c1-3-35-21-6-4-5-20(15-21)24(30)22-23(18-7-9-19(10-8-18)27(33)34-2)29(26(32)25(22)31)16-17-11-13-28-14-12-17/h4-15,23,30H,3,16H2,1-2H3/b24-22+. The van der Waals surface area contributed by atoms with Crippen molar-refractivity contribution < 1.29 is 29.0 Å². The van der Waals surface area contributed by atoms with Crippen molar-refractivity contribution >= 4 is 23.4 Å². The minimum atomic E-state index is -0.870. The number of methoxy groups -OCH3 is 1. The third-order valence-corrected chi connectivity index (χ3v) is 5.71. The van der Waals surface area contributed by atoms with E-state index in [1.807, 2.05) is 6.92 Å². The van der Waals surface area contributed by atoms with Crippen LogP contribution in [-0.4, -0.2) is 46.4 Å². The molecule has 3 aromatic rings. The number of hydrogen-bond acceptors (Lipinski definition) is 7. The van der Waals surface area contributed by atoms with Crippen molar-refractivity contribution in [3.63, 3.8) is 0 Å². The van der Waals surface area contributed by atoms with E-state index in [-0.39, 0.29) is 17.9 Å². The number of esters is 1. The summed E-state index contributed by atoms with van der Waals surface area (Å²) in [5.41, 5.74) is 1.98. The molecule has 1 fully saturated rings. The van der Waals surface area contributed by atoms with Crippen molar-refractivity contribution in [3.05, 3.63) is 101 Å². The number of hydrogen-bond donors (Lipinski definition) is 1. The van der Waals surface area contributed by atoms with E-state index in [2.05, 4.69) is 4.98 Å². The largest absolute Gasteiger partial charge is 0.507 e. The van der Waals surface area contributed by atoms with Gasteiger partial charge in [-0.15, -0.1) is 0 Å². The van der Waals surface area contributed by atoms with Crippen molar-refractivity contribution in [2.45, 2.75) is 19.5 Å². The molecule has 1 amide bonds. The van der Waals surface area contributed by atoms with Gasteiger partial charge >= 0.3 is 5.97 Å². The molecule has 0 radical (unpaired) electrons. The highest BCUT2D eigenvalue weighted by atomic mass is 16.5. The van der Waals surface area contributed by atoms with Crippen molar-refractivity contribution in [2.75, 3.05) is 13.7 Å². The fraction of sp³-hybridized carbons (Fsp3) is 0.185. The molecule has 178 valence electrons. The number of pyridine rings is 1. The summed E-state index contributed by atoms with van der Waals surface area (Å²) < 4.78 is 10.3. The minimum Gasteiger partial charge on any atom is -0.507 e. The molecule has 1 aliphatic heterocycles. The Hall–Kier alpha value is -4.46.